The van der Waals surface area contributed by atoms with Crippen LogP contribution in [0, 0.1) is 0 Å². The minimum atomic E-state index is -2.74. The van der Waals surface area contributed by atoms with Crippen LogP contribution in [0.4, 0.5) is 0 Å². The molecule has 0 aliphatic rings. The molecule has 7 heteroatoms. The Balaban J connectivity index is 2.34. The van der Waals surface area contributed by atoms with E-state index in [1.807, 2.05) is 0 Å². The molecule has 0 fully saturated rings. The van der Waals surface area contributed by atoms with Crippen LogP contribution in [-0.2, 0) is 15.3 Å². The van der Waals surface area contributed by atoms with E-state index < -0.39 is 23.6 Å². The molecule has 0 aliphatic heterocycles. The van der Waals surface area contributed by atoms with Crippen molar-refractivity contribution in [2.75, 3.05) is 24.6 Å². The summed E-state index contributed by atoms with van der Waals surface area (Å²) in [5, 5.41) is 9.09. The maximum absolute atomic E-state index is 13.6. The van der Waals surface area contributed by atoms with E-state index in [0.717, 1.165) is 76.0 Å². The van der Waals surface area contributed by atoms with E-state index in [1.54, 1.807) is 36.4 Å². The SMILES string of the molecule is CCCCP(CCCC)(CCCC)(CCCC)OC(=O)c1ccc(S(=O)c2ccc(C(=O)O)cc2)cc1. The minimum absolute atomic E-state index is 0.150. The molecule has 2 aromatic rings. The van der Waals surface area contributed by atoms with Crippen LogP contribution in [-0.4, -0.2) is 45.9 Å². The molecule has 5 nitrogen and oxygen atoms in total. The number of carboxylic acid groups (broad SMARTS) is 1. The number of aromatic carboxylic acids is 1. The van der Waals surface area contributed by atoms with Crippen LogP contribution in [0.5, 0.6) is 0 Å². The number of carboxylic acids is 1. The predicted molar refractivity (Wildman–Crippen MR) is 156 cm³/mol. The fraction of sp³-hybridized carbons (Fsp3) is 0.533. The van der Waals surface area contributed by atoms with Crippen molar-refractivity contribution in [3.05, 3.63) is 59.7 Å². The van der Waals surface area contributed by atoms with Gasteiger partial charge >= 0.3 is 216 Å². The molecule has 0 spiro atoms. The Kier molecular flexibility index (Phi) is 12.5. The fourth-order valence-electron chi connectivity index (χ4n) is 4.94. The van der Waals surface area contributed by atoms with Crippen LogP contribution in [0.2, 0.25) is 0 Å². The Morgan fingerprint density at radius 2 is 1.03 bits per heavy atom. The van der Waals surface area contributed by atoms with Gasteiger partial charge in [0.15, 0.2) is 0 Å². The molecule has 2 rings (SSSR count). The van der Waals surface area contributed by atoms with E-state index in [9.17, 15) is 13.8 Å². The molecule has 0 aliphatic carbocycles. The van der Waals surface area contributed by atoms with Crippen LogP contribution in [0.15, 0.2) is 58.3 Å². The summed E-state index contributed by atoms with van der Waals surface area (Å²) in [4.78, 5) is 25.8. The molecule has 37 heavy (non-hydrogen) atoms. The molecule has 0 radical (unpaired) electrons. The van der Waals surface area contributed by atoms with Gasteiger partial charge in [-0.05, 0) is 0 Å². The van der Waals surface area contributed by atoms with Crippen molar-refractivity contribution in [3.8, 4) is 0 Å². The van der Waals surface area contributed by atoms with E-state index in [-0.39, 0.29) is 11.5 Å². The first-order valence-electron chi connectivity index (χ1n) is 13.8. The summed E-state index contributed by atoms with van der Waals surface area (Å²) in [6.45, 7) is 6.10. The van der Waals surface area contributed by atoms with Crippen molar-refractivity contribution in [1.82, 2.24) is 0 Å². The summed E-state index contributed by atoms with van der Waals surface area (Å²) in [6, 6.07) is 12.9. The second-order valence-corrected chi connectivity index (χ2v) is 17.3. The van der Waals surface area contributed by atoms with Gasteiger partial charge in [-0.25, -0.2) is 4.79 Å². The van der Waals surface area contributed by atoms with E-state index in [0.29, 0.717) is 15.4 Å². The molecule has 1 atom stereocenters. The van der Waals surface area contributed by atoms with E-state index >= 15 is 0 Å². The molecule has 0 bridgehead atoms. The van der Waals surface area contributed by atoms with Gasteiger partial charge in [0, 0.05) is 0 Å². The van der Waals surface area contributed by atoms with Crippen molar-refractivity contribution in [1.29, 1.82) is 0 Å². The van der Waals surface area contributed by atoms with Crippen molar-refractivity contribution in [2.24, 2.45) is 0 Å². The van der Waals surface area contributed by atoms with Crippen molar-refractivity contribution in [2.45, 2.75) is 88.9 Å². The third-order valence-corrected chi connectivity index (χ3v) is 15.1. The number of hydrogen-bond donors (Lipinski definition) is 1. The standard InChI is InChI=1S/C30H45O5PS/c1-5-9-21-36(22-10-6-2,23-11-7-3,24-12-8-4)35-30(33)26-15-19-28(20-16-26)37(34)27-17-13-25(14-18-27)29(31)32/h13-20H,5-12,21-24H2,1-4H3,(H,31,32). The van der Waals surface area contributed by atoms with Gasteiger partial charge in [0.05, 0.1) is 0 Å². The van der Waals surface area contributed by atoms with Crippen molar-refractivity contribution < 1.29 is 23.4 Å². The second-order valence-electron chi connectivity index (χ2n) is 10.2. The molecule has 0 aromatic heterocycles. The third kappa shape index (κ3) is 8.48. The molecule has 0 saturated heterocycles. The van der Waals surface area contributed by atoms with Crippen LogP contribution in [0.1, 0.15) is 99.8 Å². The molecule has 2 aromatic carbocycles. The Morgan fingerprint density at radius 3 is 1.35 bits per heavy atom. The zero-order valence-electron chi connectivity index (χ0n) is 23.0. The van der Waals surface area contributed by atoms with Gasteiger partial charge < -0.3 is 5.11 Å². The summed E-state index contributed by atoms with van der Waals surface area (Å²) in [6.07, 6.45) is 12.8. The molecule has 0 saturated carbocycles. The Bertz CT molecular complexity index is 989. The number of hydrogen-bond acceptors (Lipinski definition) is 4. The van der Waals surface area contributed by atoms with Crippen LogP contribution < -0.4 is 0 Å². The van der Waals surface area contributed by atoms with E-state index in [2.05, 4.69) is 27.7 Å². The van der Waals surface area contributed by atoms with Crippen molar-refractivity contribution >= 4 is 29.6 Å². The Hall–Kier alpha value is -2.04. The van der Waals surface area contributed by atoms with Crippen LogP contribution in [0.25, 0.3) is 0 Å². The molecular formula is C30H45O5PS. The zero-order chi connectivity index (χ0) is 27.3. The Morgan fingerprint density at radius 1 is 0.676 bits per heavy atom. The number of carbonyl (C=O) groups is 2. The summed E-state index contributed by atoms with van der Waals surface area (Å²) in [5.41, 5.74) is 0.648. The van der Waals surface area contributed by atoms with Gasteiger partial charge in [-0.1, -0.05) is 0 Å². The first-order chi connectivity index (χ1) is 17.7. The van der Waals surface area contributed by atoms with Gasteiger partial charge in [-0.3, -0.25) is 0 Å². The quantitative estimate of drug-likeness (QED) is 0.201. The topological polar surface area (TPSA) is 80.7 Å². The monoisotopic (exact) mass is 548 g/mol. The third-order valence-electron chi connectivity index (χ3n) is 7.27. The Labute approximate surface area is 225 Å². The molecule has 0 heterocycles. The van der Waals surface area contributed by atoms with Gasteiger partial charge in [0.2, 0.25) is 0 Å². The van der Waals surface area contributed by atoms with Gasteiger partial charge in [0.25, 0.3) is 0 Å². The van der Waals surface area contributed by atoms with Gasteiger partial charge in [-0.2, -0.15) is 0 Å². The number of rotatable bonds is 17. The fourth-order valence-corrected chi connectivity index (χ4v) is 12.7. The van der Waals surface area contributed by atoms with Crippen LogP contribution in [0.3, 0.4) is 0 Å². The molecule has 1 N–H and O–H groups in total. The predicted octanol–water partition coefficient (Wildman–Crippen LogP) is 8.38. The van der Waals surface area contributed by atoms with E-state index in [1.165, 1.54) is 12.1 Å². The average Bonchev–Trinajstić information content (AvgIpc) is 2.93. The second kappa shape index (κ2) is 14.8. The summed E-state index contributed by atoms with van der Waals surface area (Å²) in [7, 11) is -1.47. The molecule has 206 valence electrons. The molecule has 1 unspecified atom stereocenters. The normalized spacial score (nSPS) is 13.5. The average molecular weight is 549 g/mol. The summed E-state index contributed by atoms with van der Waals surface area (Å²) >= 11 is 0. The van der Waals surface area contributed by atoms with Crippen LogP contribution >= 0.6 is 6.83 Å². The first kappa shape index (κ1) is 31.2. The van der Waals surface area contributed by atoms with Crippen molar-refractivity contribution in [3.63, 3.8) is 0 Å². The van der Waals surface area contributed by atoms with Gasteiger partial charge in [0.1, 0.15) is 0 Å². The number of carbonyl (C=O) groups excluding carboxylic acids is 1. The number of unbranched alkanes of at least 4 members (excludes halogenated alkanes) is 4. The van der Waals surface area contributed by atoms with E-state index in [4.69, 9.17) is 9.63 Å². The summed E-state index contributed by atoms with van der Waals surface area (Å²) < 4.78 is 19.8. The number of benzene rings is 2. The maximum atomic E-state index is 13.6. The molecular weight excluding hydrogens is 503 g/mol. The summed E-state index contributed by atoms with van der Waals surface area (Å²) in [5.74, 6) is -1.27. The zero-order valence-corrected chi connectivity index (χ0v) is 24.8. The van der Waals surface area contributed by atoms with Gasteiger partial charge in [-0.15, -0.1) is 0 Å². The first-order valence-corrected chi connectivity index (χ1v) is 17.9. The molecule has 0 amide bonds.